The average molecular weight is 268 g/mol. The fraction of sp³-hybridized carbons (Fsp3) is 0.182. The van der Waals surface area contributed by atoms with Gasteiger partial charge < -0.3 is 5.32 Å². The van der Waals surface area contributed by atoms with Crippen LogP contribution in [0.25, 0.3) is 0 Å². The summed E-state index contributed by atoms with van der Waals surface area (Å²) in [7, 11) is 0. The fourth-order valence-electron chi connectivity index (χ4n) is 1.36. The Morgan fingerprint density at radius 2 is 2.35 bits per heavy atom. The van der Waals surface area contributed by atoms with Crippen LogP contribution in [0.2, 0.25) is 5.15 Å². The number of aryl methyl sites for hydroxylation is 1. The Kier molecular flexibility index (Phi) is 3.71. The molecule has 1 N–H and O–H groups in total. The summed E-state index contributed by atoms with van der Waals surface area (Å²) in [6.07, 6.45) is 0. The molecule has 1 amide bonds. The molecule has 2 aromatic heterocycles. The van der Waals surface area contributed by atoms with Gasteiger partial charge in [0.1, 0.15) is 5.15 Å². The molecule has 88 valence electrons. The van der Waals surface area contributed by atoms with E-state index in [1.165, 1.54) is 11.3 Å². The normalized spacial score (nSPS) is 10.2. The standard InChI is InChI=1S/C11H10ClN3OS/c1-7-2-8(3-10(12)15-7)11(16)13-4-9-5-17-6-14-9/h2-3,5-6H,4H2,1H3,(H,13,16). The number of halogens is 1. The summed E-state index contributed by atoms with van der Waals surface area (Å²) in [6.45, 7) is 2.21. The van der Waals surface area contributed by atoms with Crippen molar-refractivity contribution in [2.24, 2.45) is 0 Å². The lowest BCUT2D eigenvalue weighted by Gasteiger charge is -2.04. The first-order chi connectivity index (χ1) is 8.15. The highest BCUT2D eigenvalue weighted by atomic mass is 35.5. The minimum absolute atomic E-state index is 0.176. The summed E-state index contributed by atoms with van der Waals surface area (Å²) in [5, 5.41) is 4.99. The van der Waals surface area contributed by atoms with E-state index in [0.29, 0.717) is 17.3 Å². The zero-order chi connectivity index (χ0) is 12.3. The summed E-state index contributed by atoms with van der Waals surface area (Å²) in [4.78, 5) is 19.9. The van der Waals surface area contributed by atoms with Crippen LogP contribution in [0.1, 0.15) is 21.7 Å². The molecule has 0 unspecified atom stereocenters. The second kappa shape index (κ2) is 5.25. The van der Waals surface area contributed by atoms with Crippen LogP contribution >= 0.6 is 22.9 Å². The number of nitrogens with one attached hydrogen (secondary N) is 1. The summed E-state index contributed by atoms with van der Waals surface area (Å²) in [5.41, 5.74) is 3.81. The zero-order valence-corrected chi connectivity index (χ0v) is 10.7. The maximum absolute atomic E-state index is 11.8. The molecule has 2 aromatic rings. The number of hydrogen-bond donors (Lipinski definition) is 1. The van der Waals surface area contributed by atoms with Crippen molar-refractivity contribution in [2.45, 2.75) is 13.5 Å². The molecule has 17 heavy (non-hydrogen) atoms. The van der Waals surface area contributed by atoms with Crippen molar-refractivity contribution in [1.82, 2.24) is 15.3 Å². The number of pyridine rings is 1. The van der Waals surface area contributed by atoms with Crippen molar-refractivity contribution in [3.05, 3.63) is 45.1 Å². The molecule has 0 fully saturated rings. The Hall–Kier alpha value is -1.46. The lowest BCUT2D eigenvalue weighted by Crippen LogP contribution is -2.23. The minimum atomic E-state index is -0.176. The first kappa shape index (κ1) is 12.0. The Balaban J connectivity index is 2.04. The maximum Gasteiger partial charge on any atom is 0.251 e. The van der Waals surface area contributed by atoms with Crippen LogP contribution in [-0.2, 0) is 6.54 Å². The maximum atomic E-state index is 11.8. The molecule has 0 saturated carbocycles. The molecular formula is C11H10ClN3OS. The number of aromatic nitrogens is 2. The van der Waals surface area contributed by atoms with Crippen LogP contribution in [0.5, 0.6) is 0 Å². The largest absolute Gasteiger partial charge is 0.346 e. The van der Waals surface area contributed by atoms with E-state index < -0.39 is 0 Å². The van der Waals surface area contributed by atoms with Crippen LogP contribution in [0.4, 0.5) is 0 Å². The smallest absolute Gasteiger partial charge is 0.251 e. The molecule has 0 bridgehead atoms. The monoisotopic (exact) mass is 267 g/mol. The predicted molar refractivity (Wildman–Crippen MR) is 67.3 cm³/mol. The molecule has 0 aromatic carbocycles. The van der Waals surface area contributed by atoms with Crippen LogP contribution in [0, 0.1) is 6.92 Å². The van der Waals surface area contributed by atoms with E-state index in [9.17, 15) is 4.79 Å². The van der Waals surface area contributed by atoms with Crippen molar-refractivity contribution < 1.29 is 4.79 Å². The van der Waals surface area contributed by atoms with E-state index in [-0.39, 0.29) is 5.91 Å². The van der Waals surface area contributed by atoms with Crippen molar-refractivity contribution >= 4 is 28.8 Å². The molecule has 2 rings (SSSR count). The van der Waals surface area contributed by atoms with Crippen molar-refractivity contribution in [2.75, 3.05) is 0 Å². The quantitative estimate of drug-likeness (QED) is 0.869. The van der Waals surface area contributed by atoms with Gasteiger partial charge in [-0.3, -0.25) is 4.79 Å². The van der Waals surface area contributed by atoms with Gasteiger partial charge in [-0.25, -0.2) is 9.97 Å². The molecule has 0 atom stereocenters. The number of thiazole rings is 1. The van der Waals surface area contributed by atoms with Crippen molar-refractivity contribution in [3.8, 4) is 0 Å². The van der Waals surface area contributed by atoms with Crippen LogP contribution in [-0.4, -0.2) is 15.9 Å². The summed E-state index contributed by atoms with van der Waals surface area (Å²) in [5.74, 6) is -0.176. The highest BCUT2D eigenvalue weighted by Crippen LogP contribution is 2.10. The van der Waals surface area contributed by atoms with Gasteiger partial charge in [0.05, 0.1) is 17.7 Å². The average Bonchev–Trinajstić information content (AvgIpc) is 2.77. The van der Waals surface area contributed by atoms with Crippen LogP contribution in [0.15, 0.2) is 23.0 Å². The van der Waals surface area contributed by atoms with Crippen LogP contribution in [0.3, 0.4) is 0 Å². The van der Waals surface area contributed by atoms with E-state index in [2.05, 4.69) is 15.3 Å². The number of carbonyl (C=O) groups is 1. The van der Waals surface area contributed by atoms with Gasteiger partial charge in [0.25, 0.3) is 5.91 Å². The zero-order valence-electron chi connectivity index (χ0n) is 9.11. The minimum Gasteiger partial charge on any atom is -0.346 e. The molecule has 6 heteroatoms. The molecule has 4 nitrogen and oxygen atoms in total. The van der Waals surface area contributed by atoms with Crippen molar-refractivity contribution in [3.63, 3.8) is 0 Å². The molecule has 0 spiro atoms. The van der Waals surface area contributed by atoms with Gasteiger partial charge in [-0.15, -0.1) is 11.3 Å². The number of carbonyl (C=O) groups excluding carboxylic acids is 1. The Labute approximate surface area is 108 Å². The van der Waals surface area contributed by atoms with Gasteiger partial charge in [0, 0.05) is 16.6 Å². The third-order valence-corrected chi connectivity index (χ3v) is 2.93. The SMILES string of the molecule is Cc1cc(C(=O)NCc2cscn2)cc(Cl)n1. The van der Waals surface area contributed by atoms with Gasteiger partial charge in [0.15, 0.2) is 0 Å². The molecule has 2 heterocycles. The number of hydrogen-bond acceptors (Lipinski definition) is 4. The summed E-state index contributed by atoms with van der Waals surface area (Å²) >= 11 is 7.29. The van der Waals surface area contributed by atoms with E-state index in [0.717, 1.165) is 11.4 Å². The molecule has 0 aliphatic heterocycles. The second-order valence-electron chi connectivity index (χ2n) is 3.48. The number of rotatable bonds is 3. The molecule has 0 aliphatic rings. The van der Waals surface area contributed by atoms with E-state index >= 15 is 0 Å². The van der Waals surface area contributed by atoms with E-state index in [1.807, 2.05) is 5.38 Å². The van der Waals surface area contributed by atoms with Crippen LogP contribution < -0.4 is 5.32 Å². The highest BCUT2D eigenvalue weighted by Gasteiger charge is 2.08. The topological polar surface area (TPSA) is 54.9 Å². The highest BCUT2D eigenvalue weighted by molar-refractivity contribution is 7.07. The lowest BCUT2D eigenvalue weighted by molar-refractivity contribution is 0.0950. The first-order valence-electron chi connectivity index (χ1n) is 4.94. The number of amides is 1. The molecule has 0 saturated heterocycles. The summed E-state index contributed by atoms with van der Waals surface area (Å²) in [6, 6.07) is 3.24. The lowest BCUT2D eigenvalue weighted by atomic mass is 10.2. The van der Waals surface area contributed by atoms with Gasteiger partial charge >= 0.3 is 0 Å². The number of nitrogens with zero attached hydrogens (tertiary/aromatic N) is 2. The Morgan fingerprint density at radius 1 is 1.53 bits per heavy atom. The van der Waals surface area contributed by atoms with Crippen molar-refractivity contribution in [1.29, 1.82) is 0 Å². The molecular weight excluding hydrogens is 258 g/mol. The van der Waals surface area contributed by atoms with Gasteiger partial charge in [-0.2, -0.15) is 0 Å². The molecule has 0 aliphatic carbocycles. The fourth-order valence-corrected chi connectivity index (χ4v) is 2.17. The molecule has 0 radical (unpaired) electrons. The van der Waals surface area contributed by atoms with E-state index in [4.69, 9.17) is 11.6 Å². The predicted octanol–water partition coefficient (Wildman–Crippen LogP) is 2.43. The third-order valence-electron chi connectivity index (χ3n) is 2.10. The van der Waals surface area contributed by atoms with Gasteiger partial charge in [0.2, 0.25) is 0 Å². The van der Waals surface area contributed by atoms with E-state index in [1.54, 1.807) is 24.6 Å². The Morgan fingerprint density at radius 3 is 3.00 bits per heavy atom. The van der Waals surface area contributed by atoms with Gasteiger partial charge in [-0.05, 0) is 19.1 Å². The first-order valence-corrected chi connectivity index (χ1v) is 6.26. The Bertz CT molecular complexity index is 507. The third kappa shape index (κ3) is 3.25. The summed E-state index contributed by atoms with van der Waals surface area (Å²) < 4.78 is 0. The second-order valence-corrected chi connectivity index (χ2v) is 4.59. The van der Waals surface area contributed by atoms with Gasteiger partial charge in [-0.1, -0.05) is 11.6 Å².